The van der Waals surface area contributed by atoms with Crippen molar-refractivity contribution >= 4 is 0 Å². The van der Waals surface area contributed by atoms with Crippen molar-refractivity contribution in [2.24, 2.45) is 5.92 Å². The third kappa shape index (κ3) is 4.23. The Morgan fingerprint density at radius 3 is 2.80 bits per heavy atom. The number of ether oxygens (including phenoxy) is 1. The minimum atomic E-state index is -0.179. The highest BCUT2D eigenvalue weighted by molar-refractivity contribution is 5.26. The predicted molar refractivity (Wildman–Crippen MR) is 79.2 cm³/mol. The lowest BCUT2D eigenvalue weighted by Gasteiger charge is -2.08. The molecule has 0 aliphatic carbocycles. The van der Waals surface area contributed by atoms with E-state index in [1.54, 1.807) is 0 Å². The number of aromatic amines is 1. The highest BCUT2D eigenvalue weighted by Gasteiger charge is 2.05. The van der Waals surface area contributed by atoms with Crippen LogP contribution < -0.4 is 10.3 Å². The van der Waals surface area contributed by atoms with Gasteiger partial charge in [-0.05, 0) is 18.4 Å². The Morgan fingerprint density at radius 1 is 1.30 bits per heavy atom. The molecule has 0 saturated carbocycles. The van der Waals surface area contributed by atoms with E-state index in [4.69, 9.17) is 4.74 Å². The van der Waals surface area contributed by atoms with Gasteiger partial charge in [0.15, 0.2) is 0 Å². The molecule has 4 heteroatoms. The molecule has 20 heavy (non-hydrogen) atoms. The number of aryl methyl sites for hydroxylation is 1. The molecule has 0 amide bonds. The molecule has 2 rings (SSSR count). The van der Waals surface area contributed by atoms with Crippen molar-refractivity contribution < 1.29 is 4.74 Å². The summed E-state index contributed by atoms with van der Waals surface area (Å²) in [5.74, 6) is 0.390. The van der Waals surface area contributed by atoms with Crippen molar-refractivity contribution in [3.63, 3.8) is 0 Å². The van der Waals surface area contributed by atoms with Crippen LogP contribution in [0, 0.1) is 12.8 Å². The van der Waals surface area contributed by atoms with Gasteiger partial charge in [0, 0.05) is 12.5 Å². The molecule has 1 aromatic heterocycles. The molecule has 0 spiro atoms. The fourth-order valence-electron chi connectivity index (χ4n) is 1.92. The molecule has 0 aliphatic heterocycles. The highest BCUT2D eigenvalue weighted by atomic mass is 16.5. The topological polar surface area (TPSA) is 55.0 Å². The number of benzene rings is 1. The smallest absolute Gasteiger partial charge is 0.296 e. The number of hydrogen-bond acceptors (Lipinski definition) is 3. The maximum absolute atomic E-state index is 11.6. The lowest BCUT2D eigenvalue weighted by molar-refractivity contribution is 0.249. The van der Waals surface area contributed by atoms with Crippen LogP contribution in [0.2, 0.25) is 0 Å². The van der Waals surface area contributed by atoms with Gasteiger partial charge in [-0.15, -0.1) is 0 Å². The number of hydrogen-bond donors (Lipinski definition) is 1. The zero-order chi connectivity index (χ0) is 14.5. The Kier molecular flexibility index (Phi) is 4.56. The molecule has 0 atom stereocenters. The second-order valence-electron chi connectivity index (χ2n) is 5.41. The number of rotatable bonds is 5. The third-order valence-electron chi connectivity index (χ3n) is 2.79. The monoisotopic (exact) mass is 272 g/mol. The zero-order valence-corrected chi connectivity index (χ0v) is 12.1. The van der Waals surface area contributed by atoms with Crippen molar-refractivity contribution in [3.05, 3.63) is 57.5 Å². The van der Waals surface area contributed by atoms with Crippen LogP contribution in [-0.2, 0) is 6.42 Å². The Morgan fingerprint density at radius 2 is 2.10 bits per heavy atom. The molecule has 1 N–H and O–H groups in total. The fraction of sp³-hybridized carbons (Fsp3) is 0.375. The van der Waals surface area contributed by atoms with E-state index in [0.29, 0.717) is 25.0 Å². The van der Waals surface area contributed by atoms with Gasteiger partial charge in [-0.3, -0.25) is 9.78 Å². The maximum atomic E-state index is 11.6. The van der Waals surface area contributed by atoms with E-state index in [-0.39, 0.29) is 5.56 Å². The lowest BCUT2D eigenvalue weighted by Crippen LogP contribution is -2.14. The minimum Gasteiger partial charge on any atom is -0.464 e. The zero-order valence-electron chi connectivity index (χ0n) is 12.1. The highest BCUT2D eigenvalue weighted by Crippen LogP contribution is 2.10. The first-order valence-corrected chi connectivity index (χ1v) is 6.81. The van der Waals surface area contributed by atoms with Crippen molar-refractivity contribution in [2.45, 2.75) is 27.2 Å². The molecule has 2 aromatic rings. The van der Waals surface area contributed by atoms with Crippen molar-refractivity contribution in [3.8, 4) is 6.01 Å². The molecule has 0 unspecified atom stereocenters. The summed E-state index contributed by atoms with van der Waals surface area (Å²) in [6, 6.07) is 10.0. The molecular weight excluding hydrogens is 252 g/mol. The average Bonchev–Trinajstić information content (AvgIpc) is 2.35. The molecule has 0 radical (unpaired) electrons. The lowest BCUT2D eigenvalue weighted by atomic mass is 10.1. The first-order valence-electron chi connectivity index (χ1n) is 6.81. The van der Waals surface area contributed by atoms with E-state index in [1.807, 2.05) is 25.1 Å². The van der Waals surface area contributed by atoms with E-state index >= 15 is 0 Å². The largest absolute Gasteiger partial charge is 0.464 e. The van der Waals surface area contributed by atoms with E-state index in [2.05, 4.69) is 29.9 Å². The van der Waals surface area contributed by atoms with Gasteiger partial charge in [0.2, 0.25) is 0 Å². The van der Waals surface area contributed by atoms with E-state index in [9.17, 15) is 4.79 Å². The van der Waals surface area contributed by atoms with Crippen LogP contribution in [-0.4, -0.2) is 16.6 Å². The standard InChI is InChI=1S/C16H20N2O2/c1-11(2)10-20-16-17-14(9-15(19)18-16)8-13-6-4-5-12(3)7-13/h4-7,9,11H,8,10H2,1-3H3,(H,17,18,19). The predicted octanol–water partition coefficient (Wildman–Crippen LogP) is 2.70. The van der Waals surface area contributed by atoms with Gasteiger partial charge in [-0.2, -0.15) is 0 Å². The summed E-state index contributed by atoms with van der Waals surface area (Å²) in [6.45, 7) is 6.69. The second-order valence-corrected chi connectivity index (χ2v) is 5.41. The summed E-state index contributed by atoms with van der Waals surface area (Å²) in [5.41, 5.74) is 2.88. The van der Waals surface area contributed by atoms with Crippen LogP contribution in [0.5, 0.6) is 6.01 Å². The molecule has 0 fully saturated rings. The number of nitrogens with zero attached hydrogens (tertiary/aromatic N) is 1. The fourth-order valence-corrected chi connectivity index (χ4v) is 1.92. The SMILES string of the molecule is Cc1cccc(Cc2cc(=O)[nH]c(OCC(C)C)n2)c1. The molecule has 4 nitrogen and oxygen atoms in total. The Balaban J connectivity index is 2.17. The number of nitrogens with one attached hydrogen (secondary N) is 1. The first kappa shape index (κ1) is 14.3. The van der Waals surface area contributed by atoms with Crippen molar-refractivity contribution in [2.75, 3.05) is 6.61 Å². The van der Waals surface area contributed by atoms with Gasteiger partial charge >= 0.3 is 0 Å². The van der Waals surface area contributed by atoms with Crippen LogP contribution in [0.15, 0.2) is 35.1 Å². The molecule has 0 aliphatic rings. The summed E-state index contributed by atoms with van der Waals surface area (Å²) in [4.78, 5) is 18.6. The molecule has 1 heterocycles. The summed E-state index contributed by atoms with van der Waals surface area (Å²) in [6.07, 6.45) is 0.629. The second kappa shape index (κ2) is 6.37. The van der Waals surface area contributed by atoms with Crippen LogP contribution in [0.4, 0.5) is 0 Å². The van der Waals surface area contributed by atoms with Crippen LogP contribution >= 0.6 is 0 Å². The van der Waals surface area contributed by atoms with Crippen LogP contribution in [0.25, 0.3) is 0 Å². The van der Waals surface area contributed by atoms with E-state index in [0.717, 1.165) is 11.3 Å². The quantitative estimate of drug-likeness (QED) is 0.910. The normalized spacial score (nSPS) is 10.8. The van der Waals surface area contributed by atoms with Gasteiger partial charge < -0.3 is 4.74 Å². The van der Waals surface area contributed by atoms with E-state index < -0.39 is 0 Å². The van der Waals surface area contributed by atoms with Gasteiger partial charge in [-0.25, -0.2) is 4.98 Å². The van der Waals surface area contributed by atoms with Gasteiger partial charge in [0.05, 0.1) is 12.3 Å². The summed E-state index contributed by atoms with van der Waals surface area (Å²) < 4.78 is 5.48. The van der Waals surface area contributed by atoms with Gasteiger partial charge in [0.25, 0.3) is 11.6 Å². The molecular formula is C16H20N2O2. The molecule has 0 saturated heterocycles. The Hall–Kier alpha value is -2.10. The molecule has 106 valence electrons. The van der Waals surface area contributed by atoms with E-state index in [1.165, 1.54) is 11.6 Å². The third-order valence-corrected chi connectivity index (χ3v) is 2.79. The Labute approximate surface area is 118 Å². The van der Waals surface area contributed by atoms with Crippen molar-refractivity contribution in [1.29, 1.82) is 0 Å². The number of H-pyrrole nitrogens is 1. The van der Waals surface area contributed by atoms with Crippen molar-refractivity contribution in [1.82, 2.24) is 9.97 Å². The van der Waals surface area contributed by atoms with Crippen LogP contribution in [0.3, 0.4) is 0 Å². The molecule has 1 aromatic carbocycles. The number of aromatic nitrogens is 2. The maximum Gasteiger partial charge on any atom is 0.296 e. The van der Waals surface area contributed by atoms with Gasteiger partial charge in [-0.1, -0.05) is 43.7 Å². The first-order chi connectivity index (χ1) is 9.52. The summed E-state index contributed by atoms with van der Waals surface area (Å²) in [5, 5.41) is 0. The summed E-state index contributed by atoms with van der Waals surface area (Å²) in [7, 11) is 0. The van der Waals surface area contributed by atoms with Crippen LogP contribution in [0.1, 0.15) is 30.7 Å². The average molecular weight is 272 g/mol. The van der Waals surface area contributed by atoms with Gasteiger partial charge in [0.1, 0.15) is 0 Å². The Bertz CT molecular complexity index is 632. The minimum absolute atomic E-state index is 0.179. The summed E-state index contributed by atoms with van der Waals surface area (Å²) >= 11 is 0. The molecule has 0 bridgehead atoms.